The maximum atomic E-state index is 10.9. The van der Waals surface area contributed by atoms with Crippen molar-refractivity contribution in [2.75, 3.05) is 0 Å². The normalized spacial score (nSPS) is 8.92. The van der Waals surface area contributed by atoms with Crippen molar-refractivity contribution in [1.29, 1.82) is 0 Å². The molecule has 68 valence electrons. The average molecular weight is 176 g/mol. The third-order valence-electron chi connectivity index (χ3n) is 1.64. The van der Waals surface area contributed by atoms with E-state index in [1.165, 1.54) is 0 Å². The molecule has 0 radical (unpaired) electrons. The van der Waals surface area contributed by atoms with Crippen molar-refractivity contribution in [3.05, 3.63) is 35.4 Å². The second-order valence-electron chi connectivity index (χ2n) is 2.75. The lowest BCUT2D eigenvalue weighted by molar-refractivity contribution is -0.136. The number of aryl methyl sites for hydroxylation is 1. The lowest BCUT2D eigenvalue weighted by Gasteiger charge is -1.98. The van der Waals surface area contributed by atoms with Crippen molar-refractivity contribution in [2.24, 2.45) is 0 Å². The van der Waals surface area contributed by atoms with Crippen molar-refractivity contribution in [3.8, 4) is 12.5 Å². The van der Waals surface area contributed by atoms with Gasteiger partial charge in [0, 0.05) is 1.43 Å². The monoisotopic (exact) mass is 176 g/mol. The van der Waals surface area contributed by atoms with Crippen LogP contribution in [0.5, 0.6) is 0 Å². The number of rotatable bonds is 2. The molecule has 0 atom stereocenters. The van der Waals surface area contributed by atoms with Crippen LogP contribution in [-0.2, 0) is 16.0 Å². The van der Waals surface area contributed by atoms with Gasteiger partial charge in [-0.2, -0.15) is 0 Å². The summed E-state index contributed by atoms with van der Waals surface area (Å²) in [5, 5.41) is 0. The summed E-state index contributed by atoms with van der Waals surface area (Å²) in [6, 6.07) is 7.65. The van der Waals surface area contributed by atoms with E-state index in [1.807, 2.05) is 37.3 Å². The molecule has 0 aromatic heterocycles. The maximum Gasteiger partial charge on any atom is 0.324 e. The lowest BCUT2D eigenvalue weighted by atomic mass is 10.1. The zero-order chi connectivity index (χ0) is 9.68. The smallest absolute Gasteiger partial charge is 0.324 e. The molecule has 1 aromatic rings. The van der Waals surface area contributed by atoms with Crippen LogP contribution in [0.15, 0.2) is 24.3 Å². The first-order valence-electron chi connectivity index (χ1n) is 3.93. The van der Waals surface area contributed by atoms with Gasteiger partial charge in [-0.25, -0.2) is 0 Å². The van der Waals surface area contributed by atoms with Crippen molar-refractivity contribution < 1.29 is 11.0 Å². The number of benzene rings is 1. The van der Waals surface area contributed by atoms with Crippen LogP contribution in [0.4, 0.5) is 0 Å². The van der Waals surface area contributed by atoms with E-state index in [0.29, 0.717) is 0 Å². The number of terminal acetylenes is 1. The molecule has 1 aromatic carbocycles. The summed E-state index contributed by atoms with van der Waals surface area (Å²) in [5.41, 5.74) is 2.07. The molecule has 0 amide bonds. The molecule has 1 rings (SSSR count). The SMILES string of the molecule is C#COC(=O)Cc1ccc(C)cc1.[HH]. The molecule has 2 heteroatoms. The summed E-state index contributed by atoms with van der Waals surface area (Å²) in [4.78, 5) is 10.9. The molecule has 0 heterocycles. The second-order valence-corrected chi connectivity index (χ2v) is 2.75. The van der Waals surface area contributed by atoms with E-state index in [1.54, 1.807) is 0 Å². The average Bonchev–Trinajstić information content (AvgIpc) is 2.09. The van der Waals surface area contributed by atoms with E-state index in [0.717, 1.165) is 11.1 Å². The zero-order valence-electron chi connectivity index (χ0n) is 7.41. The van der Waals surface area contributed by atoms with E-state index in [4.69, 9.17) is 6.42 Å². The first kappa shape index (κ1) is 9.34. The van der Waals surface area contributed by atoms with Gasteiger partial charge in [0.1, 0.15) is 6.11 Å². The molecule has 13 heavy (non-hydrogen) atoms. The van der Waals surface area contributed by atoms with Gasteiger partial charge in [0.05, 0.1) is 6.42 Å². The summed E-state index contributed by atoms with van der Waals surface area (Å²) in [5.74, 6) is -0.397. The van der Waals surface area contributed by atoms with Gasteiger partial charge in [0.2, 0.25) is 0 Å². The summed E-state index contributed by atoms with van der Waals surface area (Å²) >= 11 is 0. The molecule has 0 saturated heterocycles. The van der Waals surface area contributed by atoms with Crippen molar-refractivity contribution in [1.82, 2.24) is 0 Å². The van der Waals surface area contributed by atoms with Gasteiger partial charge in [-0.15, -0.1) is 0 Å². The maximum absolute atomic E-state index is 10.9. The second kappa shape index (κ2) is 4.32. The van der Waals surface area contributed by atoms with Crippen molar-refractivity contribution in [2.45, 2.75) is 13.3 Å². The van der Waals surface area contributed by atoms with E-state index >= 15 is 0 Å². The minimum absolute atomic E-state index is 0. The standard InChI is InChI=1S/C11H10O2.H2/c1-3-13-11(12)8-10-6-4-9(2)5-7-10;/h1,4-7H,8H2,2H3;1H. The molecular formula is C11H12O2. The quantitative estimate of drug-likeness (QED) is 0.508. The highest BCUT2D eigenvalue weighted by atomic mass is 16.5. The Hall–Kier alpha value is -1.75. The summed E-state index contributed by atoms with van der Waals surface area (Å²) in [7, 11) is 0. The Labute approximate surface area is 79.0 Å². The van der Waals surface area contributed by atoms with Crippen LogP contribution in [0.1, 0.15) is 12.6 Å². The zero-order valence-corrected chi connectivity index (χ0v) is 7.41. The number of esters is 1. The van der Waals surface area contributed by atoms with Gasteiger partial charge in [-0.05, 0) is 12.5 Å². The predicted octanol–water partition coefficient (Wildman–Crippen LogP) is 1.92. The van der Waals surface area contributed by atoms with Gasteiger partial charge in [0.15, 0.2) is 0 Å². The van der Waals surface area contributed by atoms with Gasteiger partial charge in [-0.1, -0.05) is 36.3 Å². The van der Waals surface area contributed by atoms with Gasteiger partial charge < -0.3 is 4.74 Å². The van der Waals surface area contributed by atoms with Crippen LogP contribution in [0.3, 0.4) is 0 Å². The third-order valence-corrected chi connectivity index (χ3v) is 1.64. The van der Waals surface area contributed by atoms with E-state index < -0.39 is 5.97 Å². The largest absolute Gasteiger partial charge is 0.372 e. The number of hydrogen-bond acceptors (Lipinski definition) is 2. The highest BCUT2D eigenvalue weighted by Gasteiger charge is 2.02. The number of ether oxygens (including phenoxy) is 1. The predicted molar refractivity (Wildman–Crippen MR) is 51.9 cm³/mol. The van der Waals surface area contributed by atoms with Crippen LogP contribution in [0.2, 0.25) is 0 Å². The van der Waals surface area contributed by atoms with Crippen LogP contribution < -0.4 is 0 Å². The number of hydrogen-bond donors (Lipinski definition) is 0. The fourth-order valence-corrected chi connectivity index (χ4v) is 0.974. The first-order chi connectivity index (χ1) is 6.22. The Morgan fingerprint density at radius 2 is 2.15 bits per heavy atom. The van der Waals surface area contributed by atoms with E-state index in [2.05, 4.69) is 4.74 Å². The molecule has 2 nitrogen and oxygen atoms in total. The molecule has 0 fully saturated rings. The molecular weight excluding hydrogens is 164 g/mol. The molecule has 0 N–H and O–H groups in total. The minimum Gasteiger partial charge on any atom is -0.372 e. The van der Waals surface area contributed by atoms with E-state index in [9.17, 15) is 4.79 Å². The van der Waals surface area contributed by atoms with Crippen molar-refractivity contribution >= 4 is 5.97 Å². The Balaban J connectivity index is 0.00000169. The Morgan fingerprint density at radius 3 is 2.69 bits per heavy atom. The Bertz CT molecular complexity index is 335. The van der Waals surface area contributed by atoms with Crippen molar-refractivity contribution in [3.63, 3.8) is 0 Å². The first-order valence-corrected chi connectivity index (χ1v) is 3.93. The number of carbonyl (C=O) groups is 1. The van der Waals surface area contributed by atoms with Crippen LogP contribution in [-0.4, -0.2) is 5.97 Å². The lowest BCUT2D eigenvalue weighted by Crippen LogP contribution is -2.03. The molecule has 0 spiro atoms. The number of carbonyl (C=O) groups excluding carboxylic acids is 1. The molecule has 0 aliphatic heterocycles. The molecule has 0 aliphatic carbocycles. The molecule has 0 aliphatic rings. The Kier molecular flexibility index (Phi) is 3.10. The fraction of sp³-hybridized carbons (Fsp3) is 0.182. The highest BCUT2D eigenvalue weighted by Crippen LogP contribution is 2.04. The topological polar surface area (TPSA) is 26.3 Å². The van der Waals surface area contributed by atoms with Gasteiger partial charge in [-0.3, -0.25) is 4.79 Å². The van der Waals surface area contributed by atoms with Crippen LogP contribution in [0, 0.1) is 19.5 Å². The van der Waals surface area contributed by atoms with Gasteiger partial charge in [0.25, 0.3) is 0 Å². The van der Waals surface area contributed by atoms with Gasteiger partial charge >= 0.3 is 5.97 Å². The summed E-state index contributed by atoms with van der Waals surface area (Å²) in [6.07, 6.45) is 6.89. The highest BCUT2D eigenvalue weighted by molar-refractivity contribution is 5.73. The van der Waals surface area contributed by atoms with Crippen LogP contribution >= 0.6 is 0 Å². The summed E-state index contributed by atoms with van der Waals surface area (Å²) in [6.45, 7) is 1.99. The van der Waals surface area contributed by atoms with Crippen LogP contribution in [0.25, 0.3) is 0 Å². The minimum atomic E-state index is -0.397. The molecule has 0 saturated carbocycles. The summed E-state index contributed by atoms with van der Waals surface area (Å²) < 4.78 is 4.36. The molecule has 0 unspecified atom stereocenters. The fourth-order valence-electron chi connectivity index (χ4n) is 0.974. The Morgan fingerprint density at radius 1 is 1.54 bits per heavy atom. The molecule has 0 bridgehead atoms. The third kappa shape index (κ3) is 3.00. The van der Waals surface area contributed by atoms with E-state index in [-0.39, 0.29) is 7.85 Å².